The topological polar surface area (TPSA) is 20.5 Å². The van der Waals surface area contributed by atoms with Crippen LogP contribution in [0.4, 0.5) is 0 Å². The summed E-state index contributed by atoms with van der Waals surface area (Å²) >= 11 is 0. The summed E-state index contributed by atoms with van der Waals surface area (Å²) in [6.45, 7) is 3.19. The first-order valence-electron chi connectivity index (χ1n) is 15.8. The Morgan fingerprint density at radius 3 is 1.48 bits per heavy atom. The highest BCUT2D eigenvalue weighted by atomic mass is 16.5. The van der Waals surface area contributed by atoms with E-state index in [1.807, 2.05) is 0 Å². The quantitative estimate of drug-likeness (QED) is 0.139. The van der Waals surface area contributed by atoms with Gasteiger partial charge in [-0.2, -0.15) is 0 Å². The van der Waals surface area contributed by atoms with Crippen LogP contribution >= 0.6 is 0 Å². The van der Waals surface area contributed by atoms with Crippen LogP contribution in [0.15, 0.2) is 163 Å². The Morgan fingerprint density at radius 2 is 0.978 bits per heavy atom. The van der Waals surface area contributed by atoms with Crippen LogP contribution in [0.2, 0.25) is 0 Å². The number of carbonyl (C=O) groups excluding carboxylic acids is 1. The largest absolute Gasteiger partial charge is 0.489 e. The second kappa shape index (κ2) is 12.0. The van der Waals surface area contributed by atoms with Crippen LogP contribution in [0.5, 0.6) is 5.75 Å². The minimum absolute atomic E-state index is 0.514. The molecule has 46 heavy (non-hydrogen) atoms. The highest BCUT2D eigenvalue weighted by molar-refractivity contribution is 6.04. The van der Waals surface area contributed by atoms with Crippen molar-refractivity contribution in [2.45, 2.75) is 20.1 Å². The lowest BCUT2D eigenvalue weighted by molar-refractivity contribution is -0.472. The maximum absolute atomic E-state index is 6.36. The number of ketones is 1. The first-order chi connectivity index (χ1) is 22.7. The second-order valence-corrected chi connectivity index (χ2v) is 11.8. The zero-order valence-electron chi connectivity index (χ0n) is 25.7. The Balaban J connectivity index is 0.994. The molecule has 0 saturated carbocycles. The molecule has 1 aliphatic rings. The van der Waals surface area contributed by atoms with Crippen molar-refractivity contribution in [1.82, 2.24) is 0 Å². The molecule has 220 valence electrons. The molecule has 7 aromatic rings. The fourth-order valence-electron chi connectivity index (χ4n) is 6.61. The molecule has 0 unspecified atom stereocenters. The molecule has 0 aliphatic heterocycles. The fourth-order valence-corrected chi connectivity index (χ4v) is 6.61. The Bertz CT molecular complexity index is 2260. The van der Waals surface area contributed by atoms with Gasteiger partial charge < -0.3 is 4.74 Å². The fraction of sp³-hybridized carbons (Fsp3) is 0.0682. The first kappa shape index (κ1) is 27.8. The van der Waals surface area contributed by atoms with Crippen molar-refractivity contribution in [2.75, 3.05) is 0 Å². The van der Waals surface area contributed by atoms with Crippen molar-refractivity contribution in [3.63, 3.8) is 0 Å². The predicted octanol–water partition coefficient (Wildman–Crippen LogP) is 11.1. The lowest BCUT2D eigenvalue weighted by Crippen LogP contribution is -2.01. The van der Waals surface area contributed by atoms with Gasteiger partial charge in [0, 0.05) is 17.7 Å². The Morgan fingerprint density at radius 1 is 0.522 bits per heavy atom. The highest BCUT2D eigenvalue weighted by Crippen LogP contribution is 2.31. The lowest BCUT2D eigenvalue weighted by Gasteiger charge is -2.13. The average molecular weight is 594 g/mol. The molecule has 0 heterocycles. The Kier molecular flexibility index (Phi) is 7.24. The maximum atomic E-state index is 6.36. The number of hydrogen-bond donors (Lipinski definition) is 0. The maximum Gasteiger partial charge on any atom is 0.344 e. The number of benzene rings is 7. The predicted molar refractivity (Wildman–Crippen MR) is 193 cm³/mol. The molecule has 8 rings (SSSR count). The molecule has 0 radical (unpaired) electrons. The van der Waals surface area contributed by atoms with Crippen LogP contribution in [0.3, 0.4) is 0 Å². The summed E-state index contributed by atoms with van der Waals surface area (Å²) in [5, 5.41) is 9.88. The summed E-state index contributed by atoms with van der Waals surface area (Å²) in [5.74, 6) is 1.72. The Hall–Kier alpha value is -5.73. The number of fused-ring (bicyclic) bond motifs is 4. The van der Waals surface area contributed by atoms with Gasteiger partial charge in [-0.1, -0.05) is 109 Å². The minimum Gasteiger partial charge on any atom is -0.489 e. The third kappa shape index (κ3) is 5.29. The summed E-state index contributed by atoms with van der Waals surface area (Å²) in [6.07, 6.45) is 8.42. The van der Waals surface area contributed by atoms with E-state index in [0.29, 0.717) is 13.2 Å². The molecule has 0 saturated heterocycles. The van der Waals surface area contributed by atoms with Crippen molar-refractivity contribution in [3.8, 4) is 5.75 Å². The van der Waals surface area contributed by atoms with Crippen LogP contribution < -0.4 is 4.74 Å². The van der Waals surface area contributed by atoms with E-state index in [0.717, 1.165) is 11.5 Å². The van der Waals surface area contributed by atoms with Crippen molar-refractivity contribution < 1.29 is 9.16 Å². The molecule has 0 atom stereocenters. The van der Waals surface area contributed by atoms with Crippen LogP contribution in [0.1, 0.15) is 23.6 Å². The van der Waals surface area contributed by atoms with Gasteiger partial charge >= 0.3 is 5.78 Å². The standard InChI is InChI=1S/C44H33O2/c1-30(31-18-22-37(23-19-31)45-28-43-39-14-6-2-10-33(39)26-34-11-3-7-15-40(34)43)32-20-24-38(25-21-32)46-29-44-41-16-8-4-12-35(41)27-36-13-5-9-17-42(36)44/h2-27H,28-29H2,1H3/q+1. The summed E-state index contributed by atoms with van der Waals surface area (Å²) in [5.41, 5.74) is 5.98. The summed E-state index contributed by atoms with van der Waals surface area (Å²) in [7, 11) is 0. The SMILES string of the molecule is CC(=C1C=CC(=[O+]Cc2c3ccccc3cc3ccccc23)C=C1)c1ccc(OCc2c3ccccc3cc3ccccc23)cc1. The van der Waals surface area contributed by atoms with Gasteiger partial charge in [-0.15, -0.1) is 0 Å². The molecule has 2 nitrogen and oxygen atoms in total. The van der Waals surface area contributed by atoms with Gasteiger partial charge in [0.2, 0.25) is 0 Å². The van der Waals surface area contributed by atoms with Gasteiger partial charge in [-0.3, -0.25) is 0 Å². The Labute approximate surface area is 268 Å². The normalized spacial score (nSPS) is 12.8. The van der Waals surface area contributed by atoms with Crippen molar-refractivity contribution in [3.05, 3.63) is 180 Å². The van der Waals surface area contributed by atoms with E-state index >= 15 is 0 Å². The molecule has 0 aromatic heterocycles. The molecule has 0 fully saturated rings. The van der Waals surface area contributed by atoms with Gasteiger partial charge in [0.1, 0.15) is 12.4 Å². The van der Waals surface area contributed by atoms with E-state index < -0.39 is 0 Å². The molecule has 0 spiro atoms. The molecular formula is C44H33O2+. The highest BCUT2D eigenvalue weighted by Gasteiger charge is 2.15. The van der Waals surface area contributed by atoms with E-state index in [2.05, 4.69) is 165 Å². The van der Waals surface area contributed by atoms with Gasteiger partial charge in [-0.05, 0) is 103 Å². The van der Waals surface area contributed by atoms with Gasteiger partial charge in [0.15, 0.2) is 0 Å². The zero-order chi connectivity index (χ0) is 30.9. The molecular weight excluding hydrogens is 560 g/mol. The third-order valence-corrected chi connectivity index (χ3v) is 9.11. The molecule has 1 aliphatic carbocycles. The molecule has 2 heteroatoms. The lowest BCUT2D eigenvalue weighted by atomic mass is 9.97. The second-order valence-electron chi connectivity index (χ2n) is 11.8. The molecule has 7 aromatic carbocycles. The van der Waals surface area contributed by atoms with Crippen LogP contribution in [0.25, 0.3) is 48.7 Å². The van der Waals surface area contributed by atoms with Crippen molar-refractivity contribution >= 4 is 54.4 Å². The average Bonchev–Trinajstić information content (AvgIpc) is 3.12. The third-order valence-electron chi connectivity index (χ3n) is 9.11. The smallest absolute Gasteiger partial charge is 0.344 e. The number of ether oxygens (including phenoxy) is 1. The van der Waals surface area contributed by atoms with Crippen molar-refractivity contribution in [2.24, 2.45) is 0 Å². The molecule has 0 N–H and O–H groups in total. The van der Waals surface area contributed by atoms with Crippen LogP contribution in [-0.2, 0) is 17.6 Å². The number of hydrogen-bond acceptors (Lipinski definition) is 1. The summed E-state index contributed by atoms with van der Waals surface area (Å²) < 4.78 is 12.7. The summed E-state index contributed by atoms with van der Waals surface area (Å²) in [4.78, 5) is 0. The van der Waals surface area contributed by atoms with Crippen molar-refractivity contribution in [1.29, 1.82) is 0 Å². The van der Waals surface area contributed by atoms with E-state index in [9.17, 15) is 0 Å². The monoisotopic (exact) mass is 593 g/mol. The van der Waals surface area contributed by atoms with E-state index in [-0.39, 0.29) is 0 Å². The van der Waals surface area contributed by atoms with Crippen LogP contribution in [-0.4, -0.2) is 5.78 Å². The number of rotatable bonds is 6. The zero-order valence-corrected chi connectivity index (χ0v) is 25.7. The molecule has 0 amide bonds. The van der Waals surface area contributed by atoms with E-state index in [1.54, 1.807) is 0 Å². The van der Waals surface area contributed by atoms with Crippen LogP contribution in [0, 0.1) is 0 Å². The minimum atomic E-state index is 0.514. The van der Waals surface area contributed by atoms with E-state index in [1.165, 1.54) is 70.9 Å². The first-order valence-corrected chi connectivity index (χ1v) is 15.8. The van der Waals surface area contributed by atoms with Gasteiger partial charge in [0.05, 0.1) is 5.56 Å². The van der Waals surface area contributed by atoms with E-state index in [4.69, 9.17) is 9.16 Å². The van der Waals surface area contributed by atoms with Gasteiger partial charge in [0.25, 0.3) is 6.61 Å². The molecule has 0 bridgehead atoms. The summed E-state index contributed by atoms with van der Waals surface area (Å²) in [6, 6.07) is 47.1. The number of allylic oxidation sites excluding steroid dienone is 6. The van der Waals surface area contributed by atoms with Gasteiger partial charge in [-0.25, -0.2) is 4.42 Å².